The van der Waals surface area contributed by atoms with Gasteiger partial charge < -0.3 is 14.6 Å². The van der Waals surface area contributed by atoms with Crippen LogP contribution in [0.1, 0.15) is 56.1 Å². The summed E-state index contributed by atoms with van der Waals surface area (Å²) in [5, 5.41) is 9.18. The molecular weight excluding hydrogens is 506 g/mol. The number of esters is 1. The van der Waals surface area contributed by atoms with Gasteiger partial charge in [0.05, 0.1) is 24.8 Å². The van der Waals surface area contributed by atoms with E-state index in [9.17, 15) is 19.1 Å². The Hall–Kier alpha value is -3.85. The predicted octanol–water partition coefficient (Wildman–Crippen LogP) is 6.14. The van der Waals surface area contributed by atoms with Gasteiger partial charge in [0.1, 0.15) is 5.82 Å². The maximum atomic E-state index is 15.4. The molecule has 0 saturated heterocycles. The van der Waals surface area contributed by atoms with E-state index in [-0.39, 0.29) is 41.3 Å². The van der Waals surface area contributed by atoms with Crippen LogP contribution in [0.5, 0.6) is 11.6 Å². The van der Waals surface area contributed by atoms with Crippen molar-refractivity contribution >= 4 is 11.9 Å². The van der Waals surface area contributed by atoms with Crippen molar-refractivity contribution in [1.29, 1.82) is 0 Å². The quantitative estimate of drug-likeness (QED) is 0.231. The lowest BCUT2D eigenvalue weighted by Gasteiger charge is -2.31. The number of pyridine rings is 1. The van der Waals surface area contributed by atoms with Gasteiger partial charge in [-0.25, -0.2) is 18.6 Å². The molecule has 0 spiro atoms. The lowest BCUT2D eigenvalue weighted by Crippen LogP contribution is -2.36. The summed E-state index contributed by atoms with van der Waals surface area (Å²) in [5.74, 6) is -3.98. The van der Waals surface area contributed by atoms with Gasteiger partial charge in [-0.1, -0.05) is 19.1 Å². The van der Waals surface area contributed by atoms with Crippen LogP contribution < -0.4 is 9.47 Å². The minimum absolute atomic E-state index is 0.112. The lowest BCUT2D eigenvalue weighted by molar-refractivity contribution is -0.141. The second-order valence-corrected chi connectivity index (χ2v) is 10.0. The third-order valence-corrected chi connectivity index (χ3v) is 6.50. The Balaban J connectivity index is 2.03. The molecule has 0 aliphatic rings. The zero-order chi connectivity index (χ0) is 28.9. The van der Waals surface area contributed by atoms with E-state index in [0.717, 1.165) is 12.3 Å². The molecule has 1 aromatic heterocycles. The van der Waals surface area contributed by atoms with Crippen LogP contribution in [-0.2, 0) is 17.8 Å². The molecular formula is C30H34F2N2O5. The van der Waals surface area contributed by atoms with Gasteiger partial charge in [-0.05, 0) is 75.1 Å². The van der Waals surface area contributed by atoms with Crippen LogP contribution >= 0.6 is 0 Å². The molecule has 9 heteroatoms. The average molecular weight is 541 g/mol. The smallest absolute Gasteiger partial charge is 0.343 e. The molecule has 3 rings (SSSR count). The number of nitrogens with zero attached hydrogens (tertiary/aromatic N) is 2. The zero-order valence-electron chi connectivity index (χ0n) is 23.0. The topological polar surface area (TPSA) is 89.0 Å². The molecule has 208 valence electrons. The zero-order valence-corrected chi connectivity index (χ0v) is 23.0. The molecule has 0 fully saturated rings. The summed E-state index contributed by atoms with van der Waals surface area (Å²) in [4.78, 5) is 30.2. The monoisotopic (exact) mass is 540 g/mol. The summed E-state index contributed by atoms with van der Waals surface area (Å²) in [6.45, 7) is 10.0. The number of hydrogen-bond donors (Lipinski definition) is 1. The molecule has 1 unspecified atom stereocenters. The second kappa shape index (κ2) is 12.8. The standard InChI is InChI=1S/C30H34F2N2O5/c1-17(2)34(18(3)4)16-22-12-27(25(31)13-23(22)24-14-28(38-6)33-15-26(24)32)39-30(37)21-9-7-8-20(11-21)10-19(5)29(35)36/h7-9,11-15,17-19H,10,16H2,1-6H3,(H,35,36). The summed E-state index contributed by atoms with van der Waals surface area (Å²) in [6, 6.07) is 10.6. The Bertz CT molecular complexity index is 1330. The minimum Gasteiger partial charge on any atom is -0.481 e. The van der Waals surface area contributed by atoms with Gasteiger partial charge in [0.15, 0.2) is 11.6 Å². The van der Waals surface area contributed by atoms with Crippen LogP contribution in [0.4, 0.5) is 8.78 Å². The van der Waals surface area contributed by atoms with Gasteiger partial charge >= 0.3 is 11.9 Å². The third kappa shape index (κ3) is 7.38. The molecule has 7 nitrogen and oxygen atoms in total. The van der Waals surface area contributed by atoms with Crippen LogP contribution in [0.15, 0.2) is 48.7 Å². The van der Waals surface area contributed by atoms with Gasteiger partial charge in [-0.15, -0.1) is 0 Å². The summed E-state index contributed by atoms with van der Waals surface area (Å²) in [5.41, 5.74) is 1.76. The van der Waals surface area contributed by atoms with Crippen molar-refractivity contribution in [2.24, 2.45) is 5.92 Å². The number of halogens is 2. The van der Waals surface area contributed by atoms with Crippen LogP contribution in [-0.4, -0.2) is 46.1 Å². The highest BCUT2D eigenvalue weighted by molar-refractivity contribution is 5.91. The number of rotatable bonds is 11. The van der Waals surface area contributed by atoms with Gasteiger partial charge in [0.2, 0.25) is 5.88 Å². The van der Waals surface area contributed by atoms with E-state index in [0.29, 0.717) is 23.2 Å². The van der Waals surface area contributed by atoms with Crippen LogP contribution in [0.25, 0.3) is 11.1 Å². The number of carboxylic acids is 1. The van der Waals surface area contributed by atoms with Crippen molar-refractivity contribution in [2.45, 2.75) is 59.7 Å². The van der Waals surface area contributed by atoms with E-state index < -0.39 is 29.5 Å². The fourth-order valence-electron chi connectivity index (χ4n) is 4.38. The Morgan fingerprint density at radius 1 is 0.974 bits per heavy atom. The van der Waals surface area contributed by atoms with Crippen LogP contribution in [0, 0.1) is 17.6 Å². The Morgan fingerprint density at radius 2 is 1.67 bits per heavy atom. The molecule has 0 amide bonds. The number of hydrogen-bond acceptors (Lipinski definition) is 6. The third-order valence-electron chi connectivity index (χ3n) is 6.50. The number of aliphatic carboxylic acids is 1. The number of carbonyl (C=O) groups is 2. The number of carboxylic acid groups (broad SMARTS) is 1. The second-order valence-electron chi connectivity index (χ2n) is 10.0. The highest BCUT2D eigenvalue weighted by Gasteiger charge is 2.23. The number of aromatic nitrogens is 1. The molecule has 2 aromatic carbocycles. The van der Waals surface area contributed by atoms with Crippen LogP contribution in [0.2, 0.25) is 0 Å². The number of ether oxygens (including phenoxy) is 2. The van der Waals surface area contributed by atoms with Crippen molar-refractivity contribution in [3.8, 4) is 22.8 Å². The highest BCUT2D eigenvalue weighted by atomic mass is 19.1. The van der Waals surface area contributed by atoms with Gasteiger partial charge in [0.25, 0.3) is 0 Å². The predicted molar refractivity (Wildman–Crippen MR) is 144 cm³/mol. The molecule has 1 heterocycles. The maximum absolute atomic E-state index is 15.4. The van der Waals surface area contributed by atoms with Gasteiger partial charge in [-0.3, -0.25) is 9.69 Å². The summed E-state index contributed by atoms with van der Waals surface area (Å²) < 4.78 is 40.9. The number of methoxy groups -OCH3 is 1. The fourth-order valence-corrected chi connectivity index (χ4v) is 4.38. The fraction of sp³-hybridized carbons (Fsp3) is 0.367. The molecule has 3 aromatic rings. The first-order valence-corrected chi connectivity index (χ1v) is 12.7. The van der Waals surface area contributed by atoms with Gasteiger partial charge in [0, 0.05) is 30.3 Å². The largest absolute Gasteiger partial charge is 0.481 e. The Morgan fingerprint density at radius 3 is 2.28 bits per heavy atom. The van der Waals surface area contributed by atoms with Gasteiger partial charge in [-0.2, -0.15) is 0 Å². The summed E-state index contributed by atoms with van der Waals surface area (Å²) in [6.07, 6.45) is 1.25. The maximum Gasteiger partial charge on any atom is 0.343 e. The first-order valence-electron chi connectivity index (χ1n) is 12.7. The van der Waals surface area contributed by atoms with E-state index in [2.05, 4.69) is 9.88 Å². The van der Waals surface area contributed by atoms with Crippen LogP contribution in [0.3, 0.4) is 0 Å². The molecule has 0 radical (unpaired) electrons. The number of benzene rings is 2. The summed E-state index contributed by atoms with van der Waals surface area (Å²) in [7, 11) is 1.41. The first-order chi connectivity index (χ1) is 18.4. The van der Waals surface area contributed by atoms with E-state index in [4.69, 9.17) is 9.47 Å². The van der Waals surface area contributed by atoms with Crippen molar-refractivity contribution in [1.82, 2.24) is 9.88 Å². The molecule has 0 saturated carbocycles. The lowest BCUT2D eigenvalue weighted by atomic mass is 9.98. The molecule has 1 atom stereocenters. The van der Waals surface area contributed by atoms with Crippen molar-refractivity contribution < 1.29 is 33.0 Å². The summed E-state index contributed by atoms with van der Waals surface area (Å²) >= 11 is 0. The Labute approximate surface area is 227 Å². The highest BCUT2D eigenvalue weighted by Crippen LogP contribution is 2.35. The minimum atomic E-state index is -0.947. The van der Waals surface area contributed by atoms with E-state index >= 15 is 4.39 Å². The molecule has 0 bridgehead atoms. The molecule has 0 aliphatic carbocycles. The first kappa shape index (κ1) is 29.7. The SMILES string of the molecule is COc1cc(-c2cc(F)c(OC(=O)c3cccc(CC(C)C(=O)O)c3)cc2CN(C(C)C)C(C)C)c(F)cn1. The number of carbonyl (C=O) groups excluding carboxylic acids is 1. The molecule has 1 N–H and O–H groups in total. The van der Waals surface area contributed by atoms with Crippen molar-refractivity contribution in [3.63, 3.8) is 0 Å². The molecule has 39 heavy (non-hydrogen) atoms. The van der Waals surface area contributed by atoms with Crippen molar-refractivity contribution in [3.05, 3.63) is 77.0 Å². The normalized spacial score (nSPS) is 12.2. The average Bonchev–Trinajstić information content (AvgIpc) is 2.88. The van der Waals surface area contributed by atoms with Crippen molar-refractivity contribution in [2.75, 3.05) is 7.11 Å². The van der Waals surface area contributed by atoms with E-state index in [1.807, 2.05) is 27.7 Å². The Kier molecular flexibility index (Phi) is 9.75. The molecule has 0 aliphatic heterocycles. The van der Waals surface area contributed by atoms with E-state index in [1.165, 1.54) is 31.4 Å². The van der Waals surface area contributed by atoms with E-state index in [1.54, 1.807) is 19.1 Å².